The average Bonchev–Trinajstić information content (AvgIpc) is 3.67. The van der Waals surface area contributed by atoms with Crippen molar-refractivity contribution in [2.45, 2.75) is 56.5 Å². The number of fused-ring (bicyclic) bond motifs is 2. The number of rotatable bonds is 8. The van der Waals surface area contributed by atoms with E-state index in [1.165, 1.54) is 0 Å². The number of carbonyl (C=O) groups excluding carboxylic acids is 3. The van der Waals surface area contributed by atoms with E-state index in [9.17, 15) is 24.4 Å². The highest BCUT2D eigenvalue weighted by Crippen LogP contribution is 2.47. The van der Waals surface area contributed by atoms with Crippen LogP contribution < -0.4 is 21.7 Å². The molecule has 3 aromatic rings. The summed E-state index contributed by atoms with van der Waals surface area (Å²) in [6.45, 7) is 2.54. The second-order valence-corrected chi connectivity index (χ2v) is 11.1. The number of aromatic amines is 1. The number of hydrogen-bond acceptors (Lipinski definition) is 8. The number of aromatic nitrogens is 2. The zero-order chi connectivity index (χ0) is 30.7. The van der Waals surface area contributed by atoms with Gasteiger partial charge in [-0.3, -0.25) is 23.9 Å². The minimum absolute atomic E-state index is 0.0374. The Morgan fingerprint density at radius 1 is 1.09 bits per heavy atom. The van der Waals surface area contributed by atoms with E-state index in [-0.39, 0.29) is 36.1 Å². The van der Waals surface area contributed by atoms with Crippen LogP contribution in [0.4, 0.5) is 0 Å². The van der Waals surface area contributed by atoms with E-state index in [0.717, 1.165) is 28.7 Å². The summed E-state index contributed by atoms with van der Waals surface area (Å²) in [5, 5.41) is 22.3. The fraction of sp³-hybridized carbons (Fsp3) is 0.419. The van der Waals surface area contributed by atoms with Crippen molar-refractivity contribution in [1.29, 1.82) is 5.26 Å². The van der Waals surface area contributed by atoms with Gasteiger partial charge >= 0.3 is 5.76 Å². The molecule has 3 amide bonds. The lowest BCUT2D eigenvalue weighted by Crippen LogP contribution is -2.45. The van der Waals surface area contributed by atoms with Crippen molar-refractivity contribution in [3.05, 3.63) is 86.2 Å². The minimum Gasteiger partial charge on any atom is -0.355 e. The molecule has 1 aromatic heterocycles. The normalized spacial score (nSPS) is 17.6. The topological polar surface area (TPSA) is 173 Å². The van der Waals surface area contributed by atoms with Crippen LogP contribution in [0.15, 0.2) is 45.7 Å². The molecule has 2 aromatic carbocycles. The van der Waals surface area contributed by atoms with E-state index in [0.29, 0.717) is 43.4 Å². The van der Waals surface area contributed by atoms with Gasteiger partial charge in [0.1, 0.15) is 6.04 Å². The lowest BCUT2D eigenvalue weighted by Gasteiger charge is -2.37. The highest BCUT2D eigenvalue weighted by atomic mass is 16.5. The van der Waals surface area contributed by atoms with Gasteiger partial charge in [-0.2, -0.15) is 5.26 Å². The molecule has 1 saturated heterocycles. The molecule has 1 aliphatic heterocycles. The fourth-order valence-electron chi connectivity index (χ4n) is 6.50. The van der Waals surface area contributed by atoms with Crippen LogP contribution in [0, 0.1) is 11.3 Å². The summed E-state index contributed by atoms with van der Waals surface area (Å²) in [6.07, 6.45) is 2.96. The van der Waals surface area contributed by atoms with Gasteiger partial charge in [-0.1, -0.05) is 17.3 Å². The Balaban J connectivity index is 1.62. The van der Waals surface area contributed by atoms with Crippen molar-refractivity contribution in [2.24, 2.45) is 0 Å². The Morgan fingerprint density at radius 3 is 2.21 bits per heavy atom. The Hall–Kier alpha value is -4.76. The molecule has 2 heterocycles. The summed E-state index contributed by atoms with van der Waals surface area (Å²) in [4.78, 5) is 55.0. The molecule has 2 aliphatic rings. The molecule has 224 valence electrons. The summed E-state index contributed by atoms with van der Waals surface area (Å²) >= 11 is 0. The summed E-state index contributed by atoms with van der Waals surface area (Å²) in [6, 6.07) is 12.5. The third-order valence-corrected chi connectivity index (χ3v) is 8.55. The number of likely N-dealkylation sites (tertiary alicyclic amines) is 1. The first-order chi connectivity index (χ1) is 20.7. The number of nitrogens with one attached hydrogen (secondary N) is 4. The zero-order valence-corrected chi connectivity index (χ0v) is 24.5. The molecule has 1 fully saturated rings. The lowest BCUT2D eigenvalue weighted by molar-refractivity contribution is -0.130. The molecule has 1 unspecified atom stereocenters. The predicted octanol–water partition coefficient (Wildman–Crippen LogP) is 1.40. The van der Waals surface area contributed by atoms with E-state index in [1.54, 1.807) is 31.1 Å². The number of nitrogens with zero attached hydrogens (tertiary/aromatic N) is 3. The van der Waals surface area contributed by atoms with Gasteiger partial charge in [-0.25, -0.2) is 4.79 Å². The van der Waals surface area contributed by atoms with Gasteiger partial charge in [0.15, 0.2) is 5.82 Å². The molecule has 12 heteroatoms. The zero-order valence-electron chi connectivity index (χ0n) is 24.5. The number of hydrogen-bond donors (Lipinski definition) is 4. The van der Waals surface area contributed by atoms with E-state index >= 15 is 0 Å². The van der Waals surface area contributed by atoms with Crippen molar-refractivity contribution >= 4 is 17.7 Å². The first kappa shape index (κ1) is 29.7. The maximum absolute atomic E-state index is 13.0. The Kier molecular flexibility index (Phi) is 8.45. The van der Waals surface area contributed by atoms with Crippen LogP contribution in [0.5, 0.6) is 0 Å². The number of amides is 3. The van der Waals surface area contributed by atoms with E-state index in [4.69, 9.17) is 4.52 Å². The second kappa shape index (κ2) is 12.2. The number of carbonyl (C=O) groups is 3. The summed E-state index contributed by atoms with van der Waals surface area (Å²) in [5.41, 5.74) is 3.37. The van der Waals surface area contributed by atoms with Gasteiger partial charge in [0.25, 0.3) is 11.8 Å². The maximum atomic E-state index is 13.0. The molecule has 12 nitrogen and oxygen atoms in total. The van der Waals surface area contributed by atoms with Gasteiger partial charge in [-0.15, -0.1) is 0 Å². The average molecular weight is 586 g/mol. The largest absolute Gasteiger partial charge is 0.438 e. The highest BCUT2D eigenvalue weighted by Gasteiger charge is 2.45. The minimum atomic E-state index is -1.06. The molecular weight excluding hydrogens is 550 g/mol. The molecular formula is C31H35N7O5. The second-order valence-electron chi connectivity index (χ2n) is 11.1. The van der Waals surface area contributed by atoms with Crippen molar-refractivity contribution in [3.8, 4) is 6.07 Å². The Bertz CT molecular complexity index is 1580. The van der Waals surface area contributed by atoms with Crippen molar-refractivity contribution in [1.82, 2.24) is 31.0 Å². The Labute approximate surface area is 248 Å². The third-order valence-electron chi connectivity index (χ3n) is 8.55. The van der Waals surface area contributed by atoms with Crippen LogP contribution in [0.2, 0.25) is 0 Å². The number of benzene rings is 2. The van der Waals surface area contributed by atoms with Gasteiger partial charge < -0.3 is 20.9 Å². The molecule has 1 aliphatic carbocycles. The molecule has 5 rings (SSSR count). The van der Waals surface area contributed by atoms with Gasteiger partial charge in [0.2, 0.25) is 5.91 Å². The van der Waals surface area contributed by atoms with Crippen LogP contribution in [0.25, 0.3) is 0 Å². The van der Waals surface area contributed by atoms with Crippen molar-refractivity contribution in [3.63, 3.8) is 0 Å². The predicted molar refractivity (Wildman–Crippen MR) is 157 cm³/mol. The number of aryl methyl sites for hydroxylation is 2. The highest BCUT2D eigenvalue weighted by molar-refractivity contribution is 5.95. The third kappa shape index (κ3) is 5.56. The van der Waals surface area contributed by atoms with Gasteiger partial charge in [-0.05, 0) is 85.5 Å². The van der Waals surface area contributed by atoms with Crippen molar-refractivity contribution in [2.75, 3.05) is 27.2 Å². The monoisotopic (exact) mass is 585 g/mol. The summed E-state index contributed by atoms with van der Waals surface area (Å²) in [5.74, 6) is -1.02. The van der Waals surface area contributed by atoms with Crippen LogP contribution in [-0.4, -0.2) is 72.0 Å². The van der Waals surface area contributed by atoms with Crippen molar-refractivity contribution < 1.29 is 18.9 Å². The summed E-state index contributed by atoms with van der Waals surface area (Å²) < 4.78 is 5.04. The lowest BCUT2D eigenvalue weighted by atomic mass is 9.67. The van der Waals surface area contributed by atoms with Crippen LogP contribution in [-0.2, 0) is 23.1 Å². The molecule has 0 radical (unpaired) electrons. The maximum Gasteiger partial charge on any atom is 0.438 e. The van der Waals surface area contributed by atoms with Crippen LogP contribution in [0.1, 0.15) is 75.0 Å². The molecule has 2 atom stereocenters. The van der Waals surface area contributed by atoms with Gasteiger partial charge in [0, 0.05) is 37.8 Å². The number of nitriles is 1. The van der Waals surface area contributed by atoms with Crippen LogP contribution >= 0.6 is 0 Å². The standard InChI is InChI=1S/C31H35N7O5/c1-18(35-17-26(39)38-12-4-5-23(38)16-32)15-31(29-36-30(42)43-37-29)24-10-8-21(27(40)33-2)13-19(24)6-7-20-14-22(28(41)34-3)9-11-25(20)31/h8-11,13-14,18,23,35H,4-7,12,15,17H2,1-3H3,(H,33,40)(H,34,41)(H,36,37,42)/t18-,23?/m0/s1. The first-order valence-electron chi connectivity index (χ1n) is 14.4. The molecule has 43 heavy (non-hydrogen) atoms. The SMILES string of the molecule is CNC(=O)c1ccc2c(c1)CCc1cc(C(=O)NC)ccc1C2(C[C@H](C)NCC(=O)N1CCCC1C#N)c1noc(=O)[nH]1. The fourth-order valence-corrected chi connectivity index (χ4v) is 6.50. The molecule has 4 N–H and O–H groups in total. The van der Waals surface area contributed by atoms with Gasteiger partial charge in [0.05, 0.1) is 18.0 Å². The van der Waals surface area contributed by atoms with E-state index < -0.39 is 17.2 Å². The quantitative estimate of drug-likeness (QED) is 0.307. The molecule has 0 bridgehead atoms. The number of H-pyrrole nitrogens is 1. The van der Waals surface area contributed by atoms with E-state index in [2.05, 4.69) is 32.2 Å². The first-order valence-corrected chi connectivity index (χ1v) is 14.4. The van der Waals surface area contributed by atoms with E-state index in [1.807, 2.05) is 31.2 Å². The van der Waals surface area contributed by atoms with Crippen LogP contribution in [0.3, 0.4) is 0 Å². The summed E-state index contributed by atoms with van der Waals surface area (Å²) in [7, 11) is 3.15. The molecule has 0 saturated carbocycles. The molecule has 0 spiro atoms. The smallest absolute Gasteiger partial charge is 0.355 e. The Morgan fingerprint density at radius 2 is 1.70 bits per heavy atom.